The van der Waals surface area contributed by atoms with Gasteiger partial charge >= 0.3 is 0 Å². The Kier molecular flexibility index (Phi) is 3.24. The zero-order chi connectivity index (χ0) is 11.4. The lowest BCUT2D eigenvalue weighted by molar-refractivity contribution is 0.682. The maximum absolute atomic E-state index is 4.29. The third-order valence-corrected chi connectivity index (χ3v) is 2.55. The molecule has 5 heteroatoms. The van der Waals surface area contributed by atoms with E-state index in [0.29, 0.717) is 0 Å². The summed E-state index contributed by atoms with van der Waals surface area (Å²) in [7, 11) is 0. The highest BCUT2D eigenvalue weighted by Crippen LogP contribution is 2.09. The van der Waals surface area contributed by atoms with Crippen LogP contribution < -0.4 is 5.32 Å². The van der Waals surface area contributed by atoms with Crippen molar-refractivity contribution in [1.82, 2.24) is 19.7 Å². The number of nitrogens with zero attached hydrogens (tertiary/aromatic N) is 3. The molecule has 0 saturated heterocycles. The van der Waals surface area contributed by atoms with Crippen LogP contribution in [0.2, 0.25) is 0 Å². The minimum absolute atomic E-state index is 0.753. The number of hydrogen-bond donors (Lipinski definition) is 2. The van der Waals surface area contributed by atoms with E-state index < -0.39 is 0 Å². The normalized spacial score (nSPS) is 10.6. The van der Waals surface area contributed by atoms with Crippen molar-refractivity contribution in [2.75, 3.05) is 5.32 Å². The maximum atomic E-state index is 4.29. The summed E-state index contributed by atoms with van der Waals surface area (Å²) in [6.07, 6.45) is 6.76. The first-order valence-electron chi connectivity index (χ1n) is 5.55. The van der Waals surface area contributed by atoms with E-state index >= 15 is 0 Å². The Morgan fingerprint density at radius 3 is 3.06 bits per heavy atom. The zero-order valence-corrected chi connectivity index (χ0v) is 9.70. The van der Waals surface area contributed by atoms with Crippen LogP contribution in [0.25, 0.3) is 0 Å². The van der Waals surface area contributed by atoms with Gasteiger partial charge in [-0.25, -0.2) is 4.98 Å². The average Bonchev–Trinajstić information content (AvgIpc) is 2.86. The molecule has 0 fully saturated rings. The van der Waals surface area contributed by atoms with Gasteiger partial charge in [-0.2, -0.15) is 5.10 Å². The molecule has 2 aromatic heterocycles. The lowest BCUT2D eigenvalue weighted by Crippen LogP contribution is -2.07. The summed E-state index contributed by atoms with van der Waals surface area (Å²) in [5, 5.41) is 10.2. The Morgan fingerprint density at radius 1 is 1.50 bits per heavy atom. The topological polar surface area (TPSA) is 58.5 Å². The number of rotatable bonds is 5. The van der Waals surface area contributed by atoms with Gasteiger partial charge in [0.2, 0.25) is 5.95 Å². The molecule has 0 unspecified atom stereocenters. The predicted octanol–water partition coefficient (Wildman–Crippen LogP) is 1.94. The molecule has 0 atom stereocenters. The fourth-order valence-electron chi connectivity index (χ4n) is 1.63. The quantitative estimate of drug-likeness (QED) is 0.808. The molecule has 0 spiro atoms. The number of hydrogen-bond acceptors (Lipinski definition) is 3. The molecule has 0 saturated carbocycles. The van der Waals surface area contributed by atoms with E-state index in [-0.39, 0.29) is 0 Å². The monoisotopic (exact) mass is 219 g/mol. The van der Waals surface area contributed by atoms with Crippen LogP contribution in [0, 0.1) is 6.92 Å². The molecule has 5 nitrogen and oxygen atoms in total. The molecule has 2 heterocycles. The summed E-state index contributed by atoms with van der Waals surface area (Å²) in [6.45, 7) is 5.92. The molecule has 0 radical (unpaired) electrons. The number of H-pyrrole nitrogens is 1. The second-order valence-electron chi connectivity index (χ2n) is 3.82. The fraction of sp³-hybridized carbons (Fsp3) is 0.455. The van der Waals surface area contributed by atoms with E-state index in [4.69, 9.17) is 0 Å². The minimum Gasteiger partial charge on any atom is -0.351 e. The fourth-order valence-corrected chi connectivity index (χ4v) is 1.63. The van der Waals surface area contributed by atoms with Crippen molar-refractivity contribution in [3.05, 3.63) is 29.8 Å². The van der Waals surface area contributed by atoms with Gasteiger partial charge in [0, 0.05) is 36.7 Å². The van der Waals surface area contributed by atoms with E-state index in [2.05, 4.69) is 32.0 Å². The first-order valence-corrected chi connectivity index (χ1v) is 5.55. The van der Waals surface area contributed by atoms with Gasteiger partial charge in [0.1, 0.15) is 0 Å². The van der Waals surface area contributed by atoms with Crippen molar-refractivity contribution in [3.8, 4) is 0 Å². The van der Waals surface area contributed by atoms with Crippen LogP contribution in [0.3, 0.4) is 0 Å². The third-order valence-electron chi connectivity index (χ3n) is 2.55. The van der Waals surface area contributed by atoms with E-state index in [0.717, 1.165) is 31.2 Å². The SMILES string of the molecule is CCCn1ccnc1NCc1cn[nH]c1C. The van der Waals surface area contributed by atoms with Gasteiger partial charge in [-0.3, -0.25) is 5.10 Å². The van der Waals surface area contributed by atoms with Crippen molar-refractivity contribution in [1.29, 1.82) is 0 Å². The molecule has 2 N–H and O–H groups in total. The van der Waals surface area contributed by atoms with Gasteiger partial charge in [0.15, 0.2) is 0 Å². The second-order valence-corrected chi connectivity index (χ2v) is 3.82. The van der Waals surface area contributed by atoms with Crippen LogP contribution in [-0.2, 0) is 13.1 Å². The number of anilines is 1. The molecule has 0 bridgehead atoms. The molecule has 0 aliphatic carbocycles. The average molecular weight is 219 g/mol. The van der Waals surface area contributed by atoms with Gasteiger partial charge in [-0.1, -0.05) is 6.92 Å². The Labute approximate surface area is 94.9 Å². The summed E-state index contributed by atoms with van der Waals surface area (Å²) < 4.78 is 2.12. The van der Waals surface area contributed by atoms with E-state index in [1.807, 2.05) is 25.5 Å². The van der Waals surface area contributed by atoms with Crippen LogP contribution >= 0.6 is 0 Å². The lowest BCUT2D eigenvalue weighted by atomic mass is 10.3. The lowest BCUT2D eigenvalue weighted by Gasteiger charge is -2.08. The van der Waals surface area contributed by atoms with Gasteiger partial charge in [-0.05, 0) is 13.3 Å². The molecule has 0 aromatic carbocycles. The van der Waals surface area contributed by atoms with Crippen molar-refractivity contribution in [2.24, 2.45) is 0 Å². The molecule has 0 aliphatic rings. The molecule has 86 valence electrons. The Balaban J connectivity index is 1.99. The number of aromatic nitrogens is 4. The second kappa shape index (κ2) is 4.83. The van der Waals surface area contributed by atoms with Crippen LogP contribution in [0.4, 0.5) is 5.95 Å². The summed E-state index contributed by atoms with van der Waals surface area (Å²) in [5.41, 5.74) is 2.27. The Bertz CT molecular complexity index is 443. The molecule has 2 aromatic rings. The molecular weight excluding hydrogens is 202 g/mol. The highest BCUT2D eigenvalue weighted by molar-refractivity contribution is 5.29. The predicted molar refractivity (Wildman–Crippen MR) is 63.2 cm³/mol. The van der Waals surface area contributed by atoms with Crippen molar-refractivity contribution in [2.45, 2.75) is 33.4 Å². The molecule has 0 aliphatic heterocycles. The van der Waals surface area contributed by atoms with Crippen LogP contribution in [0.15, 0.2) is 18.6 Å². The largest absolute Gasteiger partial charge is 0.351 e. The Morgan fingerprint density at radius 2 is 2.38 bits per heavy atom. The van der Waals surface area contributed by atoms with Gasteiger partial charge in [0.05, 0.1) is 6.20 Å². The highest BCUT2D eigenvalue weighted by Gasteiger charge is 2.03. The van der Waals surface area contributed by atoms with Crippen molar-refractivity contribution < 1.29 is 0 Å². The molecule has 2 rings (SSSR count). The van der Waals surface area contributed by atoms with E-state index in [9.17, 15) is 0 Å². The number of aryl methyl sites for hydroxylation is 2. The molecule has 16 heavy (non-hydrogen) atoms. The minimum atomic E-state index is 0.753. The summed E-state index contributed by atoms with van der Waals surface area (Å²) in [5.74, 6) is 0.919. The molecule has 0 amide bonds. The van der Waals surface area contributed by atoms with Gasteiger partial charge in [-0.15, -0.1) is 0 Å². The van der Waals surface area contributed by atoms with Crippen LogP contribution in [0.5, 0.6) is 0 Å². The van der Waals surface area contributed by atoms with Gasteiger partial charge < -0.3 is 9.88 Å². The van der Waals surface area contributed by atoms with Crippen molar-refractivity contribution in [3.63, 3.8) is 0 Å². The third kappa shape index (κ3) is 2.24. The first kappa shape index (κ1) is 10.7. The molecular formula is C11H17N5. The van der Waals surface area contributed by atoms with Crippen LogP contribution in [-0.4, -0.2) is 19.7 Å². The van der Waals surface area contributed by atoms with E-state index in [1.165, 1.54) is 5.56 Å². The number of imidazole rings is 1. The maximum Gasteiger partial charge on any atom is 0.203 e. The van der Waals surface area contributed by atoms with Crippen LogP contribution in [0.1, 0.15) is 24.6 Å². The standard InChI is InChI=1S/C11H17N5/c1-3-5-16-6-4-12-11(16)13-7-10-8-14-15-9(10)2/h4,6,8H,3,5,7H2,1-2H3,(H,12,13)(H,14,15). The van der Waals surface area contributed by atoms with Crippen molar-refractivity contribution >= 4 is 5.95 Å². The number of aromatic amines is 1. The highest BCUT2D eigenvalue weighted by atomic mass is 15.2. The first-order chi connectivity index (χ1) is 7.81. The smallest absolute Gasteiger partial charge is 0.203 e. The zero-order valence-electron chi connectivity index (χ0n) is 9.70. The summed E-state index contributed by atoms with van der Waals surface area (Å²) in [4.78, 5) is 4.29. The summed E-state index contributed by atoms with van der Waals surface area (Å²) in [6, 6.07) is 0. The van der Waals surface area contributed by atoms with E-state index in [1.54, 1.807) is 0 Å². The summed E-state index contributed by atoms with van der Waals surface area (Å²) >= 11 is 0. The number of nitrogens with one attached hydrogen (secondary N) is 2. The van der Waals surface area contributed by atoms with Gasteiger partial charge in [0.25, 0.3) is 0 Å². The Hall–Kier alpha value is -1.78.